The Hall–Kier alpha value is -3.29. The maximum Gasteiger partial charge on any atom is 0.409 e. The molecular formula is C22H27N5O3. The molecular weight excluding hydrogens is 382 g/mol. The molecule has 8 heteroatoms. The molecule has 2 N–H and O–H groups in total. The number of aryl methyl sites for hydroxylation is 1. The number of nitrogens with zero attached hydrogens (tertiary/aromatic N) is 4. The molecule has 3 aromatic rings. The molecule has 0 radical (unpaired) electrons. The van der Waals surface area contributed by atoms with Crippen LogP contribution in [0.3, 0.4) is 0 Å². The molecule has 4 rings (SSSR count). The van der Waals surface area contributed by atoms with Crippen molar-refractivity contribution in [3.8, 4) is 11.6 Å². The Morgan fingerprint density at radius 1 is 1.23 bits per heavy atom. The molecule has 158 valence electrons. The number of benzene rings is 1. The van der Waals surface area contributed by atoms with E-state index < -0.39 is 0 Å². The summed E-state index contributed by atoms with van der Waals surface area (Å²) >= 11 is 0. The smallest absolute Gasteiger partial charge is 0.409 e. The lowest BCUT2D eigenvalue weighted by molar-refractivity contribution is 0.0918. The number of anilines is 1. The van der Waals surface area contributed by atoms with Gasteiger partial charge in [-0.15, -0.1) is 5.10 Å². The van der Waals surface area contributed by atoms with E-state index in [-0.39, 0.29) is 12.1 Å². The number of hydrogen-bond acceptors (Lipinski definition) is 6. The van der Waals surface area contributed by atoms with Crippen molar-refractivity contribution in [3.05, 3.63) is 41.6 Å². The topological polar surface area (TPSA) is 95.5 Å². The monoisotopic (exact) mass is 409 g/mol. The van der Waals surface area contributed by atoms with Gasteiger partial charge in [-0.3, -0.25) is 0 Å². The molecule has 0 saturated carbocycles. The number of pyridine rings is 1. The summed E-state index contributed by atoms with van der Waals surface area (Å²) in [4.78, 5) is 18.3. The number of aromatic nitrogens is 3. The maximum absolute atomic E-state index is 12.0. The fraction of sp³-hybridized carbons (Fsp3) is 0.409. The molecule has 0 spiro atoms. The minimum absolute atomic E-state index is 0.100. The van der Waals surface area contributed by atoms with Gasteiger partial charge in [0.2, 0.25) is 5.88 Å². The Labute approximate surface area is 175 Å². The van der Waals surface area contributed by atoms with Gasteiger partial charge in [-0.1, -0.05) is 12.1 Å². The van der Waals surface area contributed by atoms with Crippen molar-refractivity contribution in [3.63, 3.8) is 0 Å². The fourth-order valence-electron chi connectivity index (χ4n) is 3.83. The number of nitrogens with two attached hydrogens (primary N) is 1. The minimum Gasteiger partial charge on any atom is -0.450 e. The quantitative estimate of drug-likeness (QED) is 0.693. The third-order valence-electron chi connectivity index (χ3n) is 5.69. The Morgan fingerprint density at radius 2 is 2.00 bits per heavy atom. The molecule has 8 nitrogen and oxygen atoms in total. The first kappa shape index (κ1) is 20.0. The fourth-order valence-corrected chi connectivity index (χ4v) is 3.83. The molecule has 0 bridgehead atoms. The molecule has 1 fully saturated rings. The van der Waals surface area contributed by atoms with Gasteiger partial charge in [0.1, 0.15) is 11.1 Å². The Kier molecular flexibility index (Phi) is 5.48. The van der Waals surface area contributed by atoms with Crippen LogP contribution in [0, 0.1) is 13.8 Å². The molecule has 30 heavy (non-hydrogen) atoms. The number of piperidine rings is 1. The van der Waals surface area contributed by atoms with Crippen LogP contribution in [0.1, 0.15) is 36.9 Å². The molecule has 1 aliphatic rings. The molecule has 2 aromatic heterocycles. The molecule has 1 aliphatic heterocycles. The van der Waals surface area contributed by atoms with Crippen molar-refractivity contribution in [2.45, 2.75) is 39.7 Å². The van der Waals surface area contributed by atoms with Gasteiger partial charge in [-0.2, -0.15) is 0 Å². The van der Waals surface area contributed by atoms with E-state index in [2.05, 4.69) is 4.98 Å². The Morgan fingerprint density at radius 3 is 2.73 bits per heavy atom. The van der Waals surface area contributed by atoms with E-state index in [1.54, 1.807) is 17.2 Å². The zero-order valence-electron chi connectivity index (χ0n) is 17.6. The second-order valence-electron chi connectivity index (χ2n) is 7.57. The third kappa shape index (κ3) is 3.65. The van der Waals surface area contributed by atoms with Crippen molar-refractivity contribution in [1.29, 1.82) is 0 Å². The number of amides is 1. The van der Waals surface area contributed by atoms with E-state index in [1.807, 2.05) is 43.7 Å². The summed E-state index contributed by atoms with van der Waals surface area (Å²) in [7, 11) is 0. The number of nitrogen functional groups attached to an aromatic ring is 1. The number of carbonyl (C=O) groups excluding carboxylic acids is 1. The van der Waals surface area contributed by atoms with Crippen molar-refractivity contribution in [2.75, 3.05) is 25.4 Å². The second-order valence-corrected chi connectivity index (χ2v) is 7.57. The van der Waals surface area contributed by atoms with Crippen molar-refractivity contribution < 1.29 is 14.3 Å². The predicted molar refractivity (Wildman–Crippen MR) is 115 cm³/mol. The highest BCUT2D eigenvalue weighted by Gasteiger charge is 2.28. The maximum atomic E-state index is 12.0. The third-order valence-corrected chi connectivity index (χ3v) is 5.69. The van der Waals surface area contributed by atoms with Crippen molar-refractivity contribution >= 4 is 22.8 Å². The van der Waals surface area contributed by atoms with Crippen LogP contribution in [0.2, 0.25) is 0 Å². The first-order valence-electron chi connectivity index (χ1n) is 10.3. The molecule has 0 atom stereocenters. The van der Waals surface area contributed by atoms with E-state index in [4.69, 9.17) is 20.3 Å². The summed E-state index contributed by atoms with van der Waals surface area (Å²) in [5.74, 6) is 1.21. The van der Waals surface area contributed by atoms with Crippen LogP contribution in [0.25, 0.3) is 11.0 Å². The van der Waals surface area contributed by atoms with Crippen molar-refractivity contribution in [1.82, 2.24) is 19.7 Å². The highest BCUT2D eigenvalue weighted by Crippen LogP contribution is 2.36. The van der Waals surface area contributed by atoms with Gasteiger partial charge in [0.05, 0.1) is 12.6 Å². The van der Waals surface area contributed by atoms with E-state index in [0.29, 0.717) is 42.3 Å². The summed E-state index contributed by atoms with van der Waals surface area (Å²) in [6, 6.07) is 7.80. The number of likely N-dealkylation sites (tertiary alicyclic amines) is 1. The van der Waals surface area contributed by atoms with Crippen LogP contribution in [-0.4, -0.2) is 45.5 Å². The summed E-state index contributed by atoms with van der Waals surface area (Å²) in [6.45, 7) is 7.49. The lowest BCUT2D eigenvalue weighted by Crippen LogP contribution is -2.39. The number of carbonyl (C=O) groups is 1. The van der Waals surface area contributed by atoms with Crippen LogP contribution in [0.4, 0.5) is 10.5 Å². The summed E-state index contributed by atoms with van der Waals surface area (Å²) in [6.07, 6.45) is 2.94. The molecule has 1 aromatic carbocycles. The highest BCUT2D eigenvalue weighted by atomic mass is 16.6. The molecule has 1 saturated heterocycles. The lowest BCUT2D eigenvalue weighted by Gasteiger charge is -2.31. The zero-order chi connectivity index (χ0) is 21.3. The van der Waals surface area contributed by atoms with Gasteiger partial charge in [-0.25, -0.2) is 14.5 Å². The standard InChI is InChI=1S/C22H27N5O3/c1-4-29-22(28)26-12-9-16(10-13-26)27-20-19(17(23)8-11-24-20)21(25-27)30-18-7-5-6-14(2)15(18)3/h5-8,11,16H,4,9-10,12-13H2,1-3H3,(H2,23,24). The second kappa shape index (κ2) is 8.22. The highest BCUT2D eigenvalue weighted by molar-refractivity contribution is 5.93. The largest absolute Gasteiger partial charge is 0.450 e. The molecule has 0 aliphatic carbocycles. The van der Waals surface area contributed by atoms with Crippen molar-refractivity contribution in [2.24, 2.45) is 0 Å². The number of ether oxygens (including phenoxy) is 2. The van der Waals surface area contributed by atoms with Gasteiger partial charge >= 0.3 is 6.09 Å². The predicted octanol–water partition coefficient (Wildman–Crippen LogP) is 4.22. The first-order chi connectivity index (χ1) is 14.5. The van der Waals surface area contributed by atoms with Crippen LogP contribution in [0.5, 0.6) is 11.6 Å². The minimum atomic E-state index is -0.261. The molecule has 3 heterocycles. The summed E-state index contributed by atoms with van der Waals surface area (Å²) in [5.41, 5.74) is 9.76. The van der Waals surface area contributed by atoms with Crippen LogP contribution in [-0.2, 0) is 4.74 Å². The first-order valence-corrected chi connectivity index (χ1v) is 10.3. The van der Waals surface area contributed by atoms with Crippen LogP contribution < -0.4 is 10.5 Å². The van der Waals surface area contributed by atoms with E-state index in [9.17, 15) is 4.79 Å². The van der Waals surface area contributed by atoms with Gasteiger partial charge in [0, 0.05) is 25.0 Å². The average Bonchev–Trinajstić information content (AvgIpc) is 3.11. The molecule has 1 amide bonds. The summed E-state index contributed by atoms with van der Waals surface area (Å²) in [5, 5.41) is 5.48. The lowest BCUT2D eigenvalue weighted by atomic mass is 10.1. The van der Waals surface area contributed by atoms with E-state index in [1.165, 1.54) is 0 Å². The van der Waals surface area contributed by atoms with Crippen LogP contribution >= 0.6 is 0 Å². The van der Waals surface area contributed by atoms with Gasteiger partial charge in [0.25, 0.3) is 0 Å². The van der Waals surface area contributed by atoms with Gasteiger partial charge in [0.15, 0.2) is 5.65 Å². The Bertz CT molecular complexity index is 1070. The van der Waals surface area contributed by atoms with Crippen LogP contribution in [0.15, 0.2) is 30.5 Å². The number of hydrogen-bond donors (Lipinski definition) is 1. The molecule has 0 unspecified atom stereocenters. The number of rotatable bonds is 4. The van der Waals surface area contributed by atoms with E-state index >= 15 is 0 Å². The summed E-state index contributed by atoms with van der Waals surface area (Å²) < 4.78 is 13.2. The average molecular weight is 409 g/mol. The zero-order valence-corrected chi connectivity index (χ0v) is 17.6. The van der Waals surface area contributed by atoms with E-state index in [0.717, 1.165) is 29.7 Å². The van der Waals surface area contributed by atoms with Gasteiger partial charge < -0.3 is 20.1 Å². The van der Waals surface area contributed by atoms with Gasteiger partial charge in [-0.05, 0) is 56.9 Å². The Balaban J connectivity index is 1.65. The number of fused-ring (bicyclic) bond motifs is 1. The SMILES string of the molecule is CCOC(=O)N1CCC(n2nc(Oc3cccc(C)c3C)c3c(N)ccnc32)CC1. The normalized spacial score (nSPS) is 14.8.